The summed E-state index contributed by atoms with van der Waals surface area (Å²) in [6, 6.07) is 0. The molecule has 1 rings (SSSR count). The van der Waals surface area contributed by atoms with E-state index in [4.69, 9.17) is 0 Å². The third-order valence-corrected chi connectivity index (χ3v) is 1.33. The van der Waals surface area contributed by atoms with Gasteiger partial charge in [0.15, 0.2) is 0 Å². The SMILES string of the molecule is C1=CCC/C=C\CC1.C=C([CH2-])C.C=C([CH2-])C.[Ru+2]. The van der Waals surface area contributed by atoms with E-state index in [-0.39, 0.29) is 19.5 Å². The quantitative estimate of drug-likeness (QED) is 0.316. The summed E-state index contributed by atoms with van der Waals surface area (Å²) in [6.45, 7) is 17.5. The van der Waals surface area contributed by atoms with E-state index < -0.39 is 0 Å². The molecule has 0 spiro atoms. The molecule has 0 nitrogen and oxygen atoms in total. The molecule has 98 valence electrons. The van der Waals surface area contributed by atoms with Gasteiger partial charge in [-0.05, 0) is 25.7 Å². The van der Waals surface area contributed by atoms with Crippen LogP contribution >= 0.6 is 0 Å². The monoisotopic (exact) mass is 320 g/mol. The van der Waals surface area contributed by atoms with E-state index in [9.17, 15) is 0 Å². The normalized spacial score (nSPS) is 14.2. The van der Waals surface area contributed by atoms with Crippen LogP contribution in [0.1, 0.15) is 39.5 Å². The fourth-order valence-electron chi connectivity index (χ4n) is 0.856. The molecule has 0 atom stereocenters. The fourth-order valence-corrected chi connectivity index (χ4v) is 0.856. The summed E-state index contributed by atoms with van der Waals surface area (Å²) in [6.07, 6.45) is 14.0. The minimum absolute atomic E-state index is 0. The van der Waals surface area contributed by atoms with Crippen LogP contribution in [0.15, 0.2) is 48.6 Å². The van der Waals surface area contributed by atoms with Crippen molar-refractivity contribution >= 4 is 0 Å². The van der Waals surface area contributed by atoms with Gasteiger partial charge in [-0.3, -0.25) is 0 Å². The van der Waals surface area contributed by atoms with Crippen LogP contribution in [0.2, 0.25) is 0 Å². The largest absolute Gasteiger partial charge is 2.00 e. The first kappa shape index (κ1) is 21.6. The molecule has 0 aromatic carbocycles. The van der Waals surface area contributed by atoms with Gasteiger partial charge in [-0.25, -0.2) is 38.2 Å². The van der Waals surface area contributed by atoms with Crippen LogP contribution in [-0.2, 0) is 19.5 Å². The van der Waals surface area contributed by atoms with E-state index in [1.165, 1.54) is 25.7 Å². The summed E-state index contributed by atoms with van der Waals surface area (Å²) < 4.78 is 0. The second kappa shape index (κ2) is 17.7. The van der Waals surface area contributed by atoms with Gasteiger partial charge < -0.3 is 0 Å². The average Bonchev–Trinajstić information content (AvgIpc) is 1.98. The van der Waals surface area contributed by atoms with Crippen LogP contribution in [0, 0.1) is 13.8 Å². The Morgan fingerprint density at radius 1 is 0.765 bits per heavy atom. The summed E-state index contributed by atoms with van der Waals surface area (Å²) in [5, 5.41) is 0. The van der Waals surface area contributed by atoms with Crippen LogP contribution in [0.4, 0.5) is 0 Å². The predicted octanol–water partition coefficient (Wildman–Crippen LogP) is 5.46. The Morgan fingerprint density at radius 2 is 0.882 bits per heavy atom. The number of allylic oxidation sites excluding steroid dienone is 6. The topological polar surface area (TPSA) is 0 Å². The van der Waals surface area contributed by atoms with E-state index in [0.717, 1.165) is 11.1 Å². The zero-order valence-corrected chi connectivity index (χ0v) is 13.1. The molecule has 0 aliphatic heterocycles. The molecule has 1 heteroatoms. The van der Waals surface area contributed by atoms with Gasteiger partial charge in [0.2, 0.25) is 0 Å². The van der Waals surface area contributed by atoms with Gasteiger partial charge >= 0.3 is 19.5 Å². The molecule has 0 aromatic rings. The Labute approximate surface area is 121 Å². The minimum Gasteiger partial charge on any atom is -0.242 e. The fraction of sp³-hybridized carbons (Fsp3) is 0.375. The van der Waals surface area contributed by atoms with E-state index in [2.05, 4.69) is 51.3 Å². The molecule has 0 saturated carbocycles. The zero-order valence-electron chi connectivity index (χ0n) is 11.3. The molecule has 0 fully saturated rings. The van der Waals surface area contributed by atoms with E-state index in [1.807, 2.05) is 13.8 Å². The van der Waals surface area contributed by atoms with E-state index >= 15 is 0 Å². The Balaban J connectivity index is -0.000000189. The van der Waals surface area contributed by atoms with Crippen molar-refractivity contribution in [2.45, 2.75) is 39.5 Å². The maximum absolute atomic E-state index is 3.44. The van der Waals surface area contributed by atoms with Crippen LogP contribution in [-0.4, -0.2) is 0 Å². The van der Waals surface area contributed by atoms with Crippen LogP contribution in [0.25, 0.3) is 0 Å². The van der Waals surface area contributed by atoms with Crippen molar-refractivity contribution in [1.82, 2.24) is 0 Å². The molecule has 0 heterocycles. The van der Waals surface area contributed by atoms with Crippen molar-refractivity contribution in [1.29, 1.82) is 0 Å². The maximum atomic E-state index is 3.44. The van der Waals surface area contributed by atoms with Crippen molar-refractivity contribution < 1.29 is 19.5 Å². The van der Waals surface area contributed by atoms with Gasteiger partial charge in [-0.15, -0.1) is 0 Å². The van der Waals surface area contributed by atoms with Gasteiger partial charge in [0.25, 0.3) is 0 Å². The van der Waals surface area contributed by atoms with Gasteiger partial charge in [-0.1, -0.05) is 38.2 Å². The predicted molar refractivity (Wildman–Crippen MR) is 77.1 cm³/mol. The van der Waals surface area contributed by atoms with Crippen molar-refractivity contribution in [2.75, 3.05) is 0 Å². The van der Waals surface area contributed by atoms with Crippen molar-refractivity contribution in [2.24, 2.45) is 0 Å². The van der Waals surface area contributed by atoms with Gasteiger partial charge in [0.1, 0.15) is 0 Å². The van der Waals surface area contributed by atoms with Gasteiger partial charge in [-0.2, -0.15) is 0 Å². The summed E-state index contributed by atoms with van der Waals surface area (Å²) >= 11 is 0. The first-order chi connectivity index (χ1) is 7.46. The standard InChI is InChI=1S/C8H12.2C4H7.Ru/c1-2-4-6-8-7-5-3-1;2*1-4(2)3;/h1-2,7-8H,3-6H2;2*1-2H2,3H3;/q;2*-1;+2/b2-1-,8-7?;;;. The Morgan fingerprint density at radius 3 is 1.00 bits per heavy atom. The molecule has 1 aliphatic carbocycles. The van der Waals surface area contributed by atoms with Gasteiger partial charge in [0, 0.05) is 0 Å². The second-order valence-corrected chi connectivity index (χ2v) is 4.01. The van der Waals surface area contributed by atoms with E-state index in [1.54, 1.807) is 0 Å². The summed E-state index contributed by atoms with van der Waals surface area (Å²) in [4.78, 5) is 0. The molecular formula is C16H26Ru. The molecule has 17 heavy (non-hydrogen) atoms. The smallest absolute Gasteiger partial charge is 0.242 e. The first-order valence-corrected chi connectivity index (χ1v) is 5.71. The first-order valence-electron chi connectivity index (χ1n) is 5.71. The third-order valence-electron chi connectivity index (χ3n) is 1.33. The molecule has 1 aliphatic rings. The molecule has 0 bridgehead atoms. The summed E-state index contributed by atoms with van der Waals surface area (Å²) in [5.74, 6) is 0. The molecule has 0 radical (unpaired) electrons. The Kier molecular flexibility index (Phi) is 22.5. The third kappa shape index (κ3) is 50.7. The molecule has 0 unspecified atom stereocenters. The Bertz CT molecular complexity index is 188. The summed E-state index contributed by atoms with van der Waals surface area (Å²) in [7, 11) is 0. The van der Waals surface area contributed by atoms with Crippen LogP contribution < -0.4 is 0 Å². The van der Waals surface area contributed by atoms with Crippen LogP contribution in [0.5, 0.6) is 0 Å². The van der Waals surface area contributed by atoms with Crippen LogP contribution in [0.3, 0.4) is 0 Å². The maximum Gasteiger partial charge on any atom is 2.00 e. The molecule has 0 N–H and O–H groups in total. The second-order valence-electron chi connectivity index (χ2n) is 4.01. The molecule has 0 aromatic heterocycles. The number of hydrogen-bond donors (Lipinski definition) is 0. The number of rotatable bonds is 0. The van der Waals surface area contributed by atoms with Crippen molar-refractivity contribution in [3.63, 3.8) is 0 Å². The zero-order chi connectivity index (χ0) is 12.8. The molecular weight excluding hydrogens is 293 g/mol. The van der Waals surface area contributed by atoms with Crippen molar-refractivity contribution in [3.05, 3.63) is 62.5 Å². The molecule has 0 amide bonds. The number of hydrogen-bond acceptors (Lipinski definition) is 0. The Hall–Kier alpha value is -0.677. The van der Waals surface area contributed by atoms with E-state index in [0.29, 0.717) is 0 Å². The van der Waals surface area contributed by atoms with Crippen molar-refractivity contribution in [3.8, 4) is 0 Å². The minimum atomic E-state index is 0. The summed E-state index contributed by atoms with van der Waals surface area (Å²) in [5.41, 5.74) is 1.83. The molecule has 0 saturated heterocycles. The average molecular weight is 319 g/mol. The van der Waals surface area contributed by atoms with Gasteiger partial charge in [0.05, 0.1) is 0 Å².